The fourth-order valence-electron chi connectivity index (χ4n) is 2.13. The molecule has 2 N–H and O–H groups in total. The van der Waals surface area contributed by atoms with Gasteiger partial charge in [0.1, 0.15) is 11.4 Å². The molecule has 0 bridgehead atoms. The first kappa shape index (κ1) is 12.3. The van der Waals surface area contributed by atoms with E-state index in [2.05, 4.69) is 5.32 Å². The molecule has 6 heteroatoms. The topological polar surface area (TPSA) is 32.3 Å². The minimum Gasteiger partial charge on any atom is -0.384 e. The van der Waals surface area contributed by atoms with Crippen molar-refractivity contribution in [3.63, 3.8) is 0 Å². The van der Waals surface area contributed by atoms with Crippen molar-refractivity contribution >= 4 is 0 Å². The lowest BCUT2D eigenvalue weighted by Gasteiger charge is -2.26. The van der Waals surface area contributed by atoms with Gasteiger partial charge >= 0.3 is 6.18 Å². The summed E-state index contributed by atoms with van der Waals surface area (Å²) >= 11 is 0. The van der Waals surface area contributed by atoms with Crippen LogP contribution in [-0.2, 0) is 11.8 Å². The van der Waals surface area contributed by atoms with Gasteiger partial charge in [0, 0.05) is 12.1 Å². The van der Waals surface area contributed by atoms with Crippen LogP contribution in [0, 0.1) is 5.82 Å². The summed E-state index contributed by atoms with van der Waals surface area (Å²) < 4.78 is 51.9. The predicted octanol–water partition coefficient (Wildman–Crippen LogP) is 2.03. The number of hydrogen-bond donors (Lipinski definition) is 2. The number of rotatable bonds is 1. The van der Waals surface area contributed by atoms with Crippen molar-refractivity contribution < 1.29 is 22.7 Å². The molecule has 0 amide bonds. The van der Waals surface area contributed by atoms with Gasteiger partial charge in [0.05, 0.1) is 5.56 Å². The second-order valence-electron chi connectivity index (χ2n) is 4.12. The average Bonchev–Trinajstić information content (AvgIpc) is 2.64. The van der Waals surface area contributed by atoms with E-state index >= 15 is 0 Å². The Morgan fingerprint density at radius 2 is 2.00 bits per heavy atom. The first-order valence-electron chi connectivity index (χ1n) is 5.14. The van der Waals surface area contributed by atoms with Gasteiger partial charge in [-0.2, -0.15) is 13.2 Å². The van der Waals surface area contributed by atoms with Crippen molar-refractivity contribution in [3.8, 4) is 0 Å². The summed E-state index contributed by atoms with van der Waals surface area (Å²) in [6.45, 7) is 0.291. The maximum absolute atomic E-state index is 13.6. The number of alkyl halides is 3. The minimum atomic E-state index is -4.67. The number of halogens is 4. The van der Waals surface area contributed by atoms with Crippen molar-refractivity contribution in [2.24, 2.45) is 0 Å². The second-order valence-corrected chi connectivity index (χ2v) is 4.12. The summed E-state index contributed by atoms with van der Waals surface area (Å²) in [6, 6.07) is 2.71. The number of hydrogen-bond acceptors (Lipinski definition) is 2. The van der Waals surface area contributed by atoms with E-state index in [9.17, 15) is 22.7 Å². The summed E-state index contributed by atoms with van der Waals surface area (Å²) in [4.78, 5) is 0. The molecule has 0 radical (unpaired) electrons. The minimum absolute atomic E-state index is 0.0665. The molecule has 0 aromatic heterocycles. The van der Waals surface area contributed by atoms with Gasteiger partial charge in [0.2, 0.25) is 0 Å². The number of benzene rings is 1. The van der Waals surface area contributed by atoms with Crippen LogP contribution in [0.1, 0.15) is 17.5 Å². The third-order valence-electron chi connectivity index (χ3n) is 2.92. The second kappa shape index (κ2) is 3.96. The fraction of sp³-hybridized carbons (Fsp3) is 0.455. The van der Waals surface area contributed by atoms with Gasteiger partial charge in [-0.25, -0.2) is 4.39 Å². The van der Waals surface area contributed by atoms with E-state index in [-0.39, 0.29) is 13.0 Å². The van der Waals surface area contributed by atoms with Gasteiger partial charge in [-0.1, -0.05) is 6.07 Å². The third kappa shape index (κ3) is 2.14. The van der Waals surface area contributed by atoms with Crippen LogP contribution in [0.15, 0.2) is 18.2 Å². The van der Waals surface area contributed by atoms with Gasteiger partial charge in [0.15, 0.2) is 0 Å². The fourth-order valence-corrected chi connectivity index (χ4v) is 2.13. The van der Waals surface area contributed by atoms with Crippen LogP contribution in [0.2, 0.25) is 0 Å². The first-order valence-corrected chi connectivity index (χ1v) is 5.14. The van der Waals surface area contributed by atoms with Crippen molar-refractivity contribution in [2.45, 2.75) is 18.2 Å². The molecule has 1 heterocycles. The summed E-state index contributed by atoms with van der Waals surface area (Å²) in [7, 11) is 0. The molecule has 2 rings (SSSR count). The highest BCUT2D eigenvalue weighted by Crippen LogP contribution is 2.40. The molecular formula is C11H11F4NO. The quantitative estimate of drug-likeness (QED) is 0.746. The SMILES string of the molecule is OC1(c2c(F)cccc2C(F)(F)F)CCNC1. The predicted molar refractivity (Wildman–Crippen MR) is 52.8 cm³/mol. The molecule has 1 aliphatic rings. The van der Waals surface area contributed by atoms with E-state index < -0.39 is 28.7 Å². The Morgan fingerprint density at radius 3 is 2.53 bits per heavy atom. The third-order valence-corrected chi connectivity index (χ3v) is 2.92. The Labute approximate surface area is 95.3 Å². The maximum Gasteiger partial charge on any atom is 0.416 e. The average molecular weight is 249 g/mol. The molecule has 1 aromatic rings. The van der Waals surface area contributed by atoms with Gasteiger partial charge in [0.25, 0.3) is 0 Å². The van der Waals surface area contributed by atoms with Crippen LogP contribution in [0.25, 0.3) is 0 Å². The van der Waals surface area contributed by atoms with E-state index in [1.807, 2.05) is 0 Å². The van der Waals surface area contributed by atoms with Crippen molar-refractivity contribution in [1.29, 1.82) is 0 Å². The molecule has 0 saturated carbocycles. The lowest BCUT2D eigenvalue weighted by atomic mass is 9.88. The molecule has 0 aliphatic carbocycles. The Kier molecular flexibility index (Phi) is 2.87. The van der Waals surface area contributed by atoms with E-state index in [4.69, 9.17) is 0 Å². The van der Waals surface area contributed by atoms with Crippen molar-refractivity contribution in [2.75, 3.05) is 13.1 Å². The van der Waals surface area contributed by atoms with Crippen LogP contribution in [0.5, 0.6) is 0 Å². The first-order chi connectivity index (χ1) is 7.84. The van der Waals surface area contributed by atoms with Crippen molar-refractivity contribution in [1.82, 2.24) is 5.32 Å². The lowest BCUT2D eigenvalue weighted by molar-refractivity contribution is -0.140. The molecule has 1 aliphatic heterocycles. The highest BCUT2D eigenvalue weighted by molar-refractivity contribution is 5.37. The van der Waals surface area contributed by atoms with Crippen LogP contribution >= 0.6 is 0 Å². The standard InChI is InChI=1S/C11H11F4NO/c12-8-3-1-2-7(11(13,14)15)9(8)10(17)4-5-16-6-10/h1-3,16-17H,4-6H2. The number of nitrogens with one attached hydrogen (secondary N) is 1. The van der Waals surface area contributed by atoms with E-state index in [0.717, 1.165) is 18.2 Å². The Bertz CT molecular complexity index is 424. The highest BCUT2D eigenvalue weighted by atomic mass is 19.4. The van der Waals surface area contributed by atoms with Gasteiger partial charge < -0.3 is 10.4 Å². The summed E-state index contributed by atoms with van der Waals surface area (Å²) in [5.74, 6) is -1.02. The summed E-state index contributed by atoms with van der Waals surface area (Å²) in [5, 5.41) is 12.8. The molecule has 2 nitrogen and oxygen atoms in total. The number of aliphatic hydroxyl groups is 1. The Morgan fingerprint density at radius 1 is 1.29 bits per heavy atom. The van der Waals surface area contributed by atoms with Crippen LogP contribution in [0.3, 0.4) is 0 Å². The smallest absolute Gasteiger partial charge is 0.384 e. The Balaban J connectivity index is 2.59. The van der Waals surface area contributed by atoms with Crippen LogP contribution in [-0.4, -0.2) is 18.2 Å². The summed E-state index contributed by atoms with van der Waals surface area (Å²) in [6.07, 6.45) is -4.60. The van der Waals surface area contributed by atoms with Gasteiger partial charge in [-0.05, 0) is 25.1 Å². The molecule has 0 spiro atoms. The number of β-amino-alcohol motifs (C(OH)–C–C–N with tert-alkyl or cyclic N) is 1. The van der Waals surface area contributed by atoms with Gasteiger partial charge in [-0.3, -0.25) is 0 Å². The molecule has 17 heavy (non-hydrogen) atoms. The maximum atomic E-state index is 13.6. The zero-order valence-electron chi connectivity index (χ0n) is 8.81. The molecule has 1 saturated heterocycles. The Hall–Kier alpha value is -1.14. The normalized spacial score (nSPS) is 25.2. The molecular weight excluding hydrogens is 238 g/mol. The molecule has 94 valence electrons. The van der Waals surface area contributed by atoms with Gasteiger partial charge in [-0.15, -0.1) is 0 Å². The van der Waals surface area contributed by atoms with Crippen molar-refractivity contribution in [3.05, 3.63) is 35.1 Å². The van der Waals surface area contributed by atoms with E-state index in [0.29, 0.717) is 6.54 Å². The molecule has 1 atom stereocenters. The summed E-state index contributed by atoms with van der Waals surface area (Å²) in [5.41, 5.74) is -3.54. The van der Waals surface area contributed by atoms with Crippen LogP contribution < -0.4 is 5.32 Å². The molecule has 1 unspecified atom stereocenters. The molecule has 1 fully saturated rings. The van der Waals surface area contributed by atoms with E-state index in [1.54, 1.807) is 0 Å². The lowest BCUT2D eigenvalue weighted by Crippen LogP contribution is -2.32. The van der Waals surface area contributed by atoms with Crippen LogP contribution in [0.4, 0.5) is 17.6 Å². The zero-order valence-corrected chi connectivity index (χ0v) is 8.81. The molecule has 1 aromatic carbocycles. The van der Waals surface area contributed by atoms with E-state index in [1.165, 1.54) is 0 Å². The highest BCUT2D eigenvalue weighted by Gasteiger charge is 2.44. The monoisotopic (exact) mass is 249 g/mol. The largest absolute Gasteiger partial charge is 0.416 e. The zero-order chi connectivity index (χ0) is 12.7.